The Morgan fingerprint density at radius 3 is 2.24 bits per heavy atom. The van der Waals surface area contributed by atoms with Gasteiger partial charge in [-0.25, -0.2) is 4.79 Å². The van der Waals surface area contributed by atoms with E-state index in [0.29, 0.717) is 12.0 Å². The Hall–Kier alpha value is -1.31. The predicted octanol–water partition coefficient (Wildman–Crippen LogP) is 5.52. The van der Waals surface area contributed by atoms with Crippen LogP contribution < -0.4 is 0 Å². The van der Waals surface area contributed by atoms with E-state index in [0.717, 1.165) is 19.3 Å². The molecule has 0 radical (unpaired) electrons. The smallest absolute Gasteiger partial charge is 0.331 e. The SMILES string of the molecule is C/C(=C\CCC(C)(C)C1=CCC(C(=O)O)=CC1)C(C)(C)C. The van der Waals surface area contributed by atoms with Crippen molar-refractivity contribution in [3.8, 4) is 0 Å². The predicted molar refractivity (Wildman–Crippen MR) is 89.3 cm³/mol. The normalized spacial score (nSPS) is 17.3. The first-order valence-electron chi connectivity index (χ1n) is 7.83. The van der Waals surface area contributed by atoms with Crippen LogP contribution in [0.15, 0.2) is 34.9 Å². The van der Waals surface area contributed by atoms with Gasteiger partial charge in [0.1, 0.15) is 0 Å². The molecule has 1 N–H and O–H groups in total. The van der Waals surface area contributed by atoms with Gasteiger partial charge in [0.05, 0.1) is 0 Å². The summed E-state index contributed by atoms with van der Waals surface area (Å²) in [7, 11) is 0. The topological polar surface area (TPSA) is 37.3 Å². The lowest BCUT2D eigenvalue weighted by atomic mass is 9.75. The Labute approximate surface area is 129 Å². The van der Waals surface area contributed by atoms with Crippen LogP contribution >= 0.6 is 0 Å². The van der Waals surface area contributed by atoms with Crippen molar-refractivity contribution in [2.24, 2.45) is 10.8 Å². The van der Waals surface area contributed by atoms with Gasteiger partial charge in [0.2, 0.25) is 0 Å². The van der Waals surface area contributed by atoms with Crippen LogP contribution in [-0.2, 0) is 4.79 Å². The highest BCUT2D eigenvalue weighted by Gasteiger charge is 2.24. The number of allylic oxidation sites excluding steroid dienone is 5. The van der Waals surface area contributed by atoms with Gasteiger partial charge in [-0.05, 0) is 43.4 Å². The maximum Gasteiger partial charge on any atom is 0.331 e. The monoisotopic (exact) mass is 290 g/mol. The van der Waals surface area contributed by atoms with E-state index in [1.165, 1.54) is 11.1 Å². The third-order valence-corrected chi connectivity index (χ3v) is 4.68. The van der Waals surface area contributed by atoms with E-state index in [1.807, 2.05) is 6.08 Å². The second-order valence-corrected chi connectivity index (χ2v) is 7.73. The summed E-state index contributed by atoms with van der Waals surface area (Å²) < 4.78 is 0. The minimum absolute atomic E-state index is 0.134. The molecule has 0 aromatic carbocycles. The summed E-state index contributed by atoms with van der Waals surface area (Å²) in [6.07, 6.45) is 9.84. The van der Waals surface area contributed by atoms with E-state index in [2.05, 4.69) is 53.7 Å². The molecule has 21 heavy (non-hydrogen) atoms. The van der Waals surface area contributed by atoms with Crippen LogP contribution in [0.4, 0.5) is 0 Å². The van der Waals surface area contributed by atoms with Crippen molar-refractivity contribution in [2.75, 3.05) is 0 Å². The summed E-state index contributed by atoms with van der Waals surface area (Å²) >= 11 is 0. The van der Waals surface area contributed by atoms with Crippen molar-refractivity contribution in [3.05, 3.63) is 34.9 Å². The molecule has 0 saturated carbocycles. The van der Waals surface area contributed by atoms with Crippen molar-refractivity contribution in [2.45, 2.75) is 67.2 Å². The zero-order valence-corrected chi connectivity index (χ0v) is 14.4. The first kappa shape index (κ1) is 17.7. The lowest BCUT2D eigenvalue weighted by Crippen LogP contribution is -2.17. The maximum absolute atomic E-state index is 10.9. The third-order valence-electron chi connectivity index (χ3n) is 4.68. The number of hydrogen-bond acceptors (Lipinski definition) is 1. The van der Waals surface area contributed by atoms with Crippen molar-refractivity contribution < 1.29 is 9.90 Å². The number of rotatable bonds is 5. The first-order chi connectivity index (χ1) is 9.54. The molecule has 0 spiro atoms. The lowest BCUT2D eigenvalue weighted by Gasteiger charge is -2.30. The van der Waals surface area contributed by atoms with E-state index in [1.54, 1.807) is 0 Å². The Bertz CT molecular complexity index is 482. The highest BCUT2D eigenvalue weighted by atomic mass is 16.4. The fourth-order valence-corrected chi connectivity index (χ4v) is 2.48. The molecular weight excluding hydrogens is 260 g/mol. The van der Waals surface area contributed by atoms with Crippen LogP contribution in [-0.4, -0.2) is 11.1 Å². The van der Waals surface area contributed by atoms with Crippen LogP contribution in [0.3, 0.4) is 0 Å². The molecule has 1 aliphatic carbocycles. The Balaban J connectivity index is 2.62. The summed E-state index contributed by atoms with van der Waals surface area (Å²) in [4.78, 5) is 10.9. The van der Waals surface area contributed by atoms with Gasteiger partial charge < -0.3 is 5.11 Å². The summed E-state index contributed by atoms with van der Waals surface area (Å²) in [5.74, 6) is -0.785. The summed E-state index contributed by atoms with van der Waals surface area (Å²) in [6.45, 7) is 13.5. The van der Waals surface area contributed by atoms with E-state index in [9.17, 15) is 4.79 Å². The number of hydrogen-bond donors (Lipinski definition) is 1. The molecule has 0 fully saturated rings. The fraction of sp³-hybridized carbons (Fsp3) is 0.632. The quantitative estimate of drug-likeness (QED) is 0.677. The summed E-state index contributed by atoms with van der Waals surface area (Å²) in [5.41, 5.74) is 3.71. The maximum atomic E-state index is 10.9. The number of carboxylic acid groups (broad SMARTS) is 1. The van der Waals surface area contributed by atoms with Gasteiger partial charge >= 0.3 is 5.97 Å². The molecule has 2 nitrogen and oxygen atoms in total. The Morgan fingerprint density at radius 1 is 1.19 bits per heavy atom. The first-order valence-corrected chi connectivity index (χ1v) is 7.83. The van der Waals surface area contributed by atoms with Crippen LogP contribution in [0.2, 0.25) is 0 Å². The van der Waals surface area contributed by atoms with Crippen molar-refractivity contribution in [3.63, 3.8) is 0 Å². The lowest BCUT2D eigenvalue weighted by molar-refractivity contribution is -0.132. The van der Waals surface area contributed by atoms with Gasteiger partial charge in [0, 0.05) is 5.57 Å². The molecule has 2 heteroatoms. The summed E-state index contributed by atoms with van der Waals surface area (Å²) in [5, 5.41) is 9.00. The molecule has 0 unspecified atom stereocenters. The molecule has 0 amide bonds. The molecule has 0 aromatic heterocycles. The molecule has 0 saturated heterocycles. The van der Waals surface area contributed by atoms with Crippen LogP contribution in [0, 0.1) is 10.8 Å². The molecule has 0 atom stereocenters. The average Bonchev–Trinajstić information content (AvgIpc) is 2.37. The van der Waals surface area contributed by atoms with E-state index >= 15 is 0 Å². The number of aliphatic carboxylic acids is 1. The second-order valence-electron chi connectivity index (χ2n) is 7.73. The molecule has 0 aliphatic heterocycles. The Morgan fingerprint density at radius 2 is 1.81 bits per heavy atom. The zero-order valence-electron chi connectivity index (χ0n) is 14.4. The van der Waals surface area contributed by atoms with Gasteiger partial charge in [-0.1, -0.05) is 64.0 Å². The molecule has 118 valence electrons. The van der Waals surface area contributed by atoms with Crippen molar-refractivity contribution in [1.29, 1.82) is 0 Å². The van der Waals surface area contributed by atoms with Crippen LogP contribution in [0.1, 0.15) is 67.2 Å². The van der Waals surface area contributed by atoms with E-state index < -0.39 is 5.97 Å². The minimum Gasteiger partial charge on any atom is -0.478 e. The third kappa shape index (κ3) is 5.18. The van der Waals surface area contributed by atoms with Gasteiger partial charge in [-0.3, -0.25) is 0 Å². The van der Waals surface area contributed by atoms with Crippen molar-refractivity contribution >= 4 is 5.97 Å². The molecule has 1 aliphatic rings. The molecule has 1 rings (SSSR count). The highest BCUT2D eigenvalue weighted by Crippen LogP contribution is 2.37. The molecule has 0 bridgehead atoms. The van der Waals surface area contributed by atoms with E-state index in [4.69, 9.17) is 5.11 Å². The van der Waals surface area contributed by atoms with Crippen LogP contribution in [0.25, 0.3) is 0 Å². The molecular formula is C19H30O2. The molecule has 0 heterocycles. The van der Waals surface area contributed by atoms with Gasteiger partial charge in [-0.15, -0.1) is 0 Å². The van der Waals surface area contributed by atoms with Crippen LogP contribution in [0.5, 0.6) is 0 Å². The van der Waals surface area contributed by atoms with Gasteiger partial charge in [0.15, 0.2) is 0 Å². The summed E-state index contributed by atoms with van der Waals surface area (Å²) in [6, 6.07) is 0. The number of carboxylic acids is 1. The van der Waals surface area contributed by atoms with E-state index in [-0.39, 0.29) is 10.8 Å². The van der Waals surface area contributed by atoms with Gasteiger partial charge in [-0.2, -0.15) is 0 Å². The average molecular weight is 290 g/mol. The Kier molecular flexibility index (Phi) is 5.61. The number of carbonyl (C=O) groups is 1. The molecule has 0 aromatic rings. The van der Waals surface area contributed by atoms with Crippen molar-refractivity contribution in [1.82, 2.24) is 0 Å². The largest absolute Gasteiger partial charge is 0.478 e. The highest BCUT2D eigenvalue weighted by molar-refractivity contribution is 5.87. The zero-order chi connectivity index (χ0) is 16.3. The second kappa shape index (κ2) is 6.64. The standard InChI is InChI=1S/C19H30O2/c1-14(18(2,3)4)8-7-13-19(5,6)16-11-9-15(10-12-16)17(20)21/h8-9,12H,7,10-11,13H2,1-6H3,(H,20,21)/b14-8+. The fourth-order valence-electron chi connectivity index (χ4n) is 2.48. The van der Waals surface area contributed by atoms with Gasteiger partial charge in [0.25, 0.3) is 0 Å². The minimum atomic E-state index is -0.785.